The molecule has 3 heteroatoms. The van der Waals surface area contributed by atoms with Crippen LogP contribution >= 0.6 is 0 Å². The van der Waals surface area contributed by atoms with Crippen molar-refractivity contribution in [3.05, 3.63) is 212 Å². The lowest BCUT2D eigenvalue weighted by atomic mass is 9.94. The highest BCUT2D eigenvalue weighted by Crippen LogP contribution is 2.44. The maximum atomic E-state index is 6.49. The molecule has 0 aliphatic rings. The molecule has 0 amide bonds. The molecule has 0 unspecified atom stereocenters. The Labute approximate surface area is 330 Å². The van der Waals surface area contributed by atoms with Gasteiger partial charge in [0.25, 0.3) is 0 Å². The number of furan rings is 2. The van der Waals surface area contributed by atoms with Crippen molar-refractivity contribution in [3.63, 3.8) is 0 Å². The summed E-state index contributed by atoms with van der Waals surface area (Å²) >= 11 is 0. The van der Waals surface area contributed by atoms with Gasteiger partial charge in [0, 0.05) is 33.1 Å². The lowest BCUT2D eigenvalue weighted by Gasteiger charge is -2.27. The molecular weight excluding hydrogens is 695 g/mol. The standard InChI is InChI=1S/C54H35NO2/c1-3-13-37(14-4-1)43-17-7-8-18-44(43)39-27-32-42(33-28-39)55(49-22-12-24-52-53(49)47-19-9-10-23-50(47)56-52)41-30-25-36(26-31-41)40-29-34-51-48(35-40)46-21-11-20-45(54(46)57-51)38-15-5-2-6-16-38/h1-35H. The van der Waals surface area contributed by atoms with E-state index in [-0.39, 0.29) is 0 Å². The summed E-state index contributed by atoms with van der Waals surface area (Å²) in [6, 6.07) is 75.0. The van der Waals surface area contributed by atoms with Gasteiger partial charge in [0.2, 0.25) is 0 Å². The molecule has 11 aromatic rings. The van der Waals surface area contributed by atoms with Crippen LogP contribution in [0.25, 0.3) is 88.4 Å². The van der Waals surface area contributed by atoms with Gasteiger partial charge in [0.15, 0.2) is 0 Å². The molecule has 3 nitrogen and oxygen atoms in total. The largest absolute Gasteiger partial charge is 0.456 e. The monoisotopic (exact) mass is 729 g/mol. The topological polar surface area (TPSA) is 29.5 Å². The molecule has 268 valence electrons. The van der Waals surface area contributed by atoms with Crippen LogP contribution in [0.2, 0.25) is 0 Å². The molecule has 0 aliphatic carbocycles. The van der Waals surface area contributed by atoms with Gasteiger partial charge < -0.3 is 13.7 Å². The number of hydrogen-bond donors (Lipinski definition) is 0. The Balaban J connectivity index is 1.01. The summed E-state index contributed by atoms with van der Waals surface area (Å²) in [5, 5.41) is 4.40. The number of fused-ring (bicyclic) bond motifs is 6. The van der Waals surface area contributed by atoms with Crippen LogP contribution in [0.4, 0.5) is 17.1 Å². The summed E-state index contributed by atoms with van der Waals surface area (Å²) in [4.78, 5) is 2.35. The molecule has 0 saturated carbocycles. The Morgan fingerprint density at radius 3 is 1.53 bits per heavy atom. The fraction of sp³-hybridized carbons (Fsp3) is 0. The van der Waals surface area contributed by atoms with Crippen LogP contribution in [0.15, 0.2) is 221 Å². The molecule has 0 radical (unpaired) electrons. The first-order valence-electron chi connectivity index (χ1n) is 19.3. The minimum absolute atomic E-state index is 0.861. The SMILES string of the molecule is c1ccc(-c2ccccc2-c2ccc(N(c3ccc(-c4ccc5oc6c(-c7ccccc7)cccc6c5c4)cc3)c3cccc4oc5ccccc5c34)cc2)cc1. The van der Waals surface area contributed by atoms with Crippen LogP contribution in [0.3, 0.4) is 0 Å². The lowest BCUT2D eigenvalue weighted by Crippen LogP contribution is -2.10. The summed E-state index contributed by atoms with van der Waals surface area (Å²) in [5.41, 5.74) is 16.0. The molecule has 57 heavy (non-hydrogen) atoms. The van der Waals surface area contributed by atoms with E-state index < -0.39 is 0 Å². The van der Waals surface area contributed by atoms with Crippen molar-refractivity contribution >= 4 is 60.9 Å². The first kappa shape index (κ1) is 32.8. The summed E-state index contributed by atoms with van der Waals surface area (Å²) in [6.07, 6.45) is 0. The number of benzene rings is 9. The van der Waals surface area contributed by atoms with E-state index in [1.165, 1.54) is 22.3 Å². The van der Waals surface area contributed by atoms with Gasteiger partial charge in [-0.1, -0.05) is 158 Å². The smallest absolute Gasteiger partial charge is 0.143 e. The second kappa shape index (κ2) is 13.6. The molecule has 0 aliphatic heterocycles. The lowest BCUT2D eigenvalue weighted by molar-refractivity contribution is 0.669. The predicted octanol–water partition coefficient (Wildman–Crippen LogP) is 15.6. The number of nitrogens with zero attached hydrogens (tertiary/aromatic N) is 1. The molecule has 0 fully saturated rings. The quantitative estimate of drug-likeness (QED) is 0.164. The first-order valence-corrected chi connectivity index (χ1v) is 19.3. The molecule has 11 rings (SSSR count). The highest BCUT2D eigenvalue weighted by molar-refractivity contribution is 6.14. The van der Waals surface area contributed by atoms with Crippen LogP contribution in [0, 0.1) is 0 Å². The molecule has 9 aromatic carbocycles. The van der Waals surface area contributed by atoms with Crippen molar-refractivity contribution < 1.29 is 8.83 Å². The van der Waals surface area contributed by atoms with Gasteiger partial charge in [-0.05, 0) is 93.5 Å². The van der Waals surface area contributed by atoms with Gasteiger partial charge in [-0.25, -0.2) is 0 Å². The van der Waals surface area contributed by atoms with Crippen LogP contribution in [-0.4, -0.2) is 0 Å². The Morgan fingerprint density at radius 2 is 0.807 bits per heavy atom. The van der Waals surface area contributed by atoms with E-state index in [0.717, 1.165) is 83.2 Å². The number of hydrogen-bond acceptors (Lipinski definition) is 3. The third-order valence-corrected chi connectivity index (χ3v) is 11.1. The summed E-state index contributed by atoms with van der Waals surface area (Å²) < 4.78 is 12.9. The summed E-state index contributed by atoms with van der Waals surface area (Å²) in [6.45, 7) is 0. The normalized spacial score (nSPS) is 11.5. The van der Waals surface area contributed by atoms with Gasteiger partial charge in [0.05, 0.1) is 11.1 Å². The maximum Gasteiger partial charge on any atom is 0.143 e. The zero-order valence-electron chi connectivity index (χ0n) is 31.0. The highest BCUT2D eigenvalue weighted by Gasteiger charge is 2.20. The maximum absolute atomic E-state index is 6.49. The average molecular weight is 730 g/mol. The van der Waals surface area contributed by atoms with Gasteiger partial charge in [-0.15, -0.1) is 0 Å². The molecule has 0 bridgehead atoms. The van der Waals surface area contributed by atoms with Gasteiger partial charge in [0.1, 0.15) is 22.3 Å². The van der Waals surface area contributed by atoms with E-state index in [4.69, 9.17) is 8.83 Å². The van der Waals surface area contributed by atoms with Crippen molar-refractivity contribution in [3.8, 4) is 44.5 Å². The zero-order valence-corrected chi connectivity index (χ0v) is 31.0. The van der Waals surface area contributed by atoms with Crippen molar-refractivity contribution in [2.75, 3.05) is 4.90 Å². The molecule has 2 aromatic heterocycles. The predicted molar refractivity (Wildman–Crippen MR) is 237 cm³/mol. The molecular formula is C54H35NO2. The van der Waals surface area contributed by atoms with E-state index in [2.05, 4.69) is 199 Å². The second-order valence-corrected chi connectivity index (χ2v) is 14.5. The van der Waals surface area contributed by atoms with Crippen LogP contribution in [0.1, 0.15) is 0 Å². The second-order valence-electron chi connectivity index (χ2n) is 14.5. The van der Waals surface area contributed by atoms with Gasteiger partial charge >= 0.3 is 0 Å². The van der Waals surface area contributed by atoms with E-state index >= 15 is 0 Å². The Bertz CT molecular complexity index is 3210. The zero-order chi connectivity index (χ0) is 37.7. The van der Waals surface area contributed by atoms with Crippen LogP contribution < -0.4 is 4.90 Å². The number of rotatable bonds is 7. The Morgan fingerprint density at radius 1 is 0.298 bits per heavy atom. The van der Waals surface area contributed by atoms with E-state index in [9.17, 15) is 0 Å². The minimum Gasteiger partial charge on any atom is -0.456 e. The highest BCUT2D eigenvalue weighted by atomic mass is 16.3. The van der Waals surface area contributed by atoms with E-state index in [0.29, 0.717) is 0 Å². The third kappa shape index (κ3) is 5.68. The third-order valence-electron chi connectivity index (χ3n) is 11.1. The van der Waals surface area contributed by atoms with Gasteiger partial charge in [-0.2, -0.15) is 0 Å². The Hall–Kier alpha value is -7.62. The van der Waals surface area contributed by atoms with E-state index in [1.54, 1.807) is 0 Å². The van der Waals surface area contributed by atoms with Crippen LogP contribution in [-0.2, 0) is 0 Å². The van der Waals surface area contributed by atoms with Crippen LogP contribution in [0.5, 0.6) is 0 Å². The number of para-hydroxylation sites is 2. The van der Waals surface area contributed by atoms with Crippen molar-refractivity contribution in [2.45, 2.75) is 0 Å². The first-order chi connectivity index (χ1) is 28.3. The van der Waals surface area contributed by atoms with Crippen molar-refractivity contribution in [1.29, 1.82) is 0 Å². The average Bonchev–Trinajstić information content (AvgIpc) is 3.86. The van der Waals surface area contributed by atoms with E-state index in [1.807, 2.05) is 18.2 Å². The summed E-state index contributed by atoms with van der Waals surface area (Å²) in [5.74, 6) is 0. The molecule has 0 atom stereocenters. The fourth-order valence-electron chi connectivity index (χ4n) is 8.39. The Kier molecular flexibility index (Phi) is 7.82. The fourth-order valence-corrected chi connectivity index (χ4v) is 8.39. The van der Waals surface area contributed by atoms with Crippen molar-refractivity contribution in [1.82, 2.24) is 0 Å². The molecule has 2 heterocycles. The number of anilines is 3. The molecule has 0 spiro atoms. The van der Waals surface area contributed by atoms with Gasteiger partial charge in [-0.3, -0.25) is 0 Å². The minimum atomic E-state index is 0.861. The van der Waals surface area contributed by atoms with Crippen molar-refractivity contribution in [2.24, 2.45) is 0 Å². The molecule has 0 saturated heterocycles. The molecule has 0 N–H and O–H groups in total. The summed E-state index contributed by atoms with van der Waals surface area (Å²) in [7, 11) is 0.